The van der Waals surface area contributed by atoms with Crippen LogP contribution in [-0.4, -0.2) is 37.1 Å². The normalized spacial score (nSPS) is 17.3. The summed E-state index contributed by atoms with van der Waals surface area (Å²) in [6, 6.07) is 20.5. The average molecular weight is 499 g/mol. The van der Waals surface area contributed by atoms with E-state index in [2.05, 4.69) is 46.4 Å². The highest BCUT2D eigenvalue weighted by molar-refractivity contribution is 6.00. The zero-order valence-electron chi connectivity index (χ0n) is 21.9. The van der Waals surface area contributed by atoms with E-state index in [9.17, 15) is 0 Å². The fourth-order valence-corrected chi connectivity index (χ4v) is 4.98. The molecule has 0 atom stereocenters. The summed E-state index contributed by atoms with van der Waals surface area (Å²) in [5.74, 6) is 3.57. The van der Waals surface area contributed by atoms with Gasteiger partial charge >= 0.3 is 0 Å². The summed E-state index contributed by atoms with van der Waals surface area (Å²) in [4.78, 5) is 12.1. The van der Waals surface area contributed by atoms with Crippen molar-refractivity contribution >= 4 is 11.5 Å². The number of hydrogen-bond donors (Lipinski definition) is 1. The molecule has 1 aromatic heterocycles. The van der Waals surface area contributed by atoms with Crippen molar-refractivity contribution in [1.82, 2.24) is 10.3 Å². The van der Waals surface area contributed by atoms with Gasteiger partial charge in [-0.05, 0) is 73.9 Å². The number of aromatic nitrogens is 1. The Labute approximate surface area is 220 Å². The van der Waals surface area contributed by atoms with Crippen molar-refractivity contribution in [1.29, 1.82) is 0 Å². The van der Waals surface area contributed by atoms with Crippen LogP contribution in [0.2, 0.25) is 0 Å². The third-order valence-electron chi connectivity index (χ3n) is 7.22. The van der Waals surface area contributed by atoms with Crippen molar-refractivity contribution in [2.45, 2.75) is 52.0 Å². The predicted molar refractivity (Wildman–Crippen MR) is 150 cm³/mol. The van der Waals surface area contributed by atoms with Crippen LogP contribution >= 0.6 is 0 Å². The van der Waals surface area contributed by atoms with Crippen LogP contribution in [0, 0.1) is 5.92 Å². The molecule has 6 nitrogen and oxygen atoms in total. The van der Waals surface area contributed by atoms with E-state index in [0.29, 0.717) is 24.8 Å². The van der Waals surface area contributed by atoms with Crippen LogP contribution in [0.25, 0.3) is 0 Å². The Morgan fingerprint density at radius 1 is 0.892 bits per heavy atom. The largest absolute Gasteiger partial charge is 0.490 e. The molecular formula is C31H38N4O2. The molecule has 37 heavy (non-hydrogen) atoms. The Morgan fingerprint density at radius 3 is 2.57 bits per heavy atom. The number of anilines is 1. The number of ether oxygens (including phenoxy) is 2. The number of piperidine rings is 1. The molecule has 0 saturated carbocycles. The van der Waals surface area contributed by atoms with E-state index in [1.165, 1.54) is 24.1 Å². The molecule has 0 amide bonds. The summed E-state index contributed by atoms with van der Waals surface area (Å²) in [6.45, 7) is 6.71. The molecule has 5 rings (SSSR count). The summed E-state index contributed by atoms with van der Waals surface area (Å²) in [7, 11) is 0. The van der Waals surface area contributed by atoms with Gasteiger partial charge in [-0.2, -0.15) is 0 Å². The second kappa shape index (κ2) is 12.6. The van der Waals surface area contributed by atoms with Gasteiger partial charge in [-0.25, -0.2) is 4.98 Å². The van der Waals surface area contributed by atoms with Crippen LogP contribution < -0.4 is 19.7 Å². The molecule has 0 radical (unpaired) electrons. The maximum atomic E-state index is 6.33. The number of benzene rings is 2. The average Bonchev–Trinajstić information content (AvgIpc) is 2.93. The van der Waals surface area contributed by atoms with Gasteiger partial charge in [0.2, 0.25) is 5.88 Å². The summed E-state index contributed by atoms with van der Waals surface area (Å²) in [6.07, 6.45) is 8.57. The highest BCUT2D eigenvalue weighted by atomic mass is 16.5. The second-order valence-electron chi connectivity index (χ2n) is 10.0. The standard InChI is InChI=1S/C31H38N4O2/c1-24-16-20-35(21-17-24)27-13-5-4-11-25(27)23-34-30-26-12-10-19-33-31(26)37-29-15-7-6-14-28(29)36-22-9-3-2-8-18-32-30/h4-7,10-15,19,24H,2-3,8-9,16-18,20-23H2,1H3,(H,32,34). The first kappa shape index (κ1) is 25.1. The van der Waals surface area contributed by atoms with Gasteiger partial charge in [0, 0.05) is 38.1 Å². The maximum absolute atomic E-state index is 6.33. The van der Waals surface area contributed by atoms with E-state index >= 15 is 0 Å². The third kappa shape index (κ3) is 6.62. The molecule has 0 unspecified atom stereocenters. The fraction of sp³-hybridized carbons (Fsp3) is 0.419. The van der Waals surface area contributed by atoms with Gasteiger partial charge in [-0.1, -0.05) is 43.7 Å². The Bertz CT molecular complexity index is 1190. The van der Waals surface area contributed by atoms with E-state index in [0.717, 1.165) is 68.4 Å². The molecule has 1 saturated heterocycles. The molecule has 194 valence electrons. The van der Waals surface area contributed by atoms with Gasteiger partial charge in [-0.15, -0.1) is 0 Å². The molecule has 2 aliphatic rings. The van der Waals surface area contributed by atoms with E-state index in [4.69, 9.17) is 14.5 Å². The topological polar surface area (TPSA) is 59.0 Å². The van der Waals surface area contributed by atoms with Crippen LogP contribution in [0.1, 0.15) is 56.6 Å². The van der Waals surface area contributed by atoms with Gasteiger partial charge in [0.25, 0.3) is 0 Å². The number of rotatable bonds is 3. The van der Waals surface area contributed by atoms with E-state index in [-0.39, 0.29) is 0 Å². The molecule has 1 N–H and O–H groups in total. The molecule has 6 heteroatoms. The van der Waals surface area contributed by atoms with Crippen molar-refractivity contribution < 1.29 is 9.47 Å². The van der Waals surface area contributed by atoms with Crippen LogP contribution in [-0.2, 0) is 6.54 Å². The van der Waals surface area contributed by atoms with Gasteiger partial charge in [0.15, 0.2) is 11.5 Å². The summed E-state index contributed by atoms with van der Waals surface area (Å²) in [5.41, 5.74) is 3.46. The number of para-hydroxylation sites is 3. The molecule has 0 bridgehead atoms. The van der Waals surface area contributed by atoms with Gasteiger partial charge < -0.3 is 19.7 Å². The summed E-state index contributed by atoms with van der Waals surface area (Å²) >= 11 is 0. The minimum absolute atomic E-state index is 0.528. The highest BCUT2D eigenvalue weighted by Gasteiger charge is 2.19. The number of fused-ring (bicyclic) bond motifs is 2. The van der Waals surface area contributed by atoms with Crippen LogP contribution in [0.3, 0.4) is 0 Å². The van der Waals surface area contributed by atoms with Crippen LogP contribution in [0.4, 0.5) is 5.69 Å². The molecule has 3 aromatic rings. The highest BCUT2D eigenvalue weighted by Crippen LogP contribution is 2.32. The Kier molecular flexibility index (Phi) is 8.57. The first-order valence-electron chi connectivity index (χ1n) is 13.7. The molecule has 2 aliphatic heterocycles. The Hall–Kier alpha value is -3.54. The number of hydrogen-bond acceptors (Lipinski definition) is 6. The van der Waals surface area contributed by atoms with Crippen molar-refractivity contribution in [3.63, 3.8) is 0 Å². The third-order valence-corrected chi connectivity index (χ3v) is 7.22. The van der Waals surface area contributed by atoms with Crippen molar-refractivity contribution in [2.24, 2.45) is 10.9 Å². The monoisotopic (exact) mass is 498 g/mol. The van der Waals surface area contributed by atoms with Crippen LogP contribution in [0.5, 0.6) is 17.4 Å². The van der Waals surface area contributed by atoms with Crippen molar-refractivity contribution in [3.8, 4) is 17.4 Å². The first-order valence-corrected chi connectivity index (χ1v) is 13.7. The Balaban J connectivity index is 1.41. The first-order chi connectivity index (χ1) is 18.3. The minimum atomic E-state index is 0.528. The van der Waals surface area contributed by atoms with Gasteiger partial charge in [-0.3, -0.25) is 4.99 Å². The van der Waals surface area contributed by atoms with E-state index in [1.54, 1.807) is 6.20 Å². The van der Waals surface area contributed by atoms with E-state index < -0.39 is 0 Å². The Morgan fingerprint density at radius 2 is 1.68 bits per heavy atom. The molecule has 0 spiro atoms. The van der Waals surface area contributed by atoms with Crippen LogP contribution in [0.15, 0.2) is 71.9 Å². The maximum Gasteiger partial charge on any atom is 0.230 e. The molecule has 1 fully saturated rings. The van der Waals surface area contributed by atoms with Gasteiger partial charge in [0.1, 0.15) is 5.84 Å². The number of aliphatic imine (C=N–C) groups is 1. The van der Waals surface area contributed by atoms with E-state index in [1.807, 2.05) is 36.4 Å². The summed E-state index contributed by atoms with van der Waals surface area (Å²) < 4.78 is 12.4. The molecular weight excluding hydrogens is 460 g/mol. The van der Waals surface area contributed by atoms with Crippen molar-refractivity contribution in [3.05, 3.63) is 78.0 Å². The van der Waals surface area contributed by atoms with Crippen molar-refractivity contribution in [2.75, 3.05) is 31.1 Å². The molecule has 0 aliphatic carbocycles. The second-order valence-corrected chi connectivity index (χ2v) is 10.0. The molecule has 3 heterocycles. The lowest BCUT2D eigenvalue weighted by molar-refractivity contribution is 0.290. The minimum Gasteiger partial charge on any atom is -0.490 e. The fourth-order valence-electron chi connectivity index (χ4n) is 4.98. The number of amidine groups is 1. The number of pyridine rings is 1. The number of nitrogens with one attached hydrogen (secondary N) is 1. The van der Waals surface area contributed by atoms with Gasteiger partial charge in [0.05, 0.1) is 12.2 Å². The SMILES string of the molecule is CC1CCN(c2ccccc2CNC2=NCCCCCCOc3ccccc3Oc3ncccc32)CC1. The number of nitrogens with zero attached hydrogens (tertiary/aromatic N) is 3. The smallest absolute Gasteiger partial charge is 0.230 e. The zero-order chi connectivity index (χ0) is 25.3. The lowest BCUT2D eigenvalue weighted by Gasteiger charge is -2.33. The summed E-state index contributed by atoms with van der Waals surface area (Å²) in [5, 5.41) is 3.66. The lowest BCUT2D eigenvalue weighted by Crippen LogP contribution is -2.34. The molecule has 2 aromatic carbocycles. The predicted octanol–water partition coefficient (Wildman–Crippen LogP) is 6.60. The quantitative estimate of drug-likeness (QED) is 0.441. The lowest BCUT2D eigenvalue weighted by atomic mass is 9.98. The zero-order valence-corrected chi connectivity index (χ0v) is 21.9.